The van der Waals surface area contributed by atoms with Crippen LogP contribution in [0.5, 0.6) is 5.75 Å². The smallest absolute Gasteiger partial charge is 0.261 e. The molecule has 0 fully saturated rings. The summed E-state index contributed by atoms with van der Waals surface area (Å²) in [6, 6.07) is 14.3. The van der Waals surface area contributed by atoms with E-state index in [0.717, 1.165) is 17.5 Å². The number of benzene rings is 2. The van der Waals surface area contributed by atoms with Crippen molar-refractivity contribution in [2.45, 2.75) is 59.2 Å². The summed E-state index contributed by atoms with van der Waals surface area (Å²) in [5, 5.41) is 3.62. The van der Waals surface area contributed by atoms with Gasteiger partial charge in [-0.25, -0.2) is 0 Å². The third-order valence-electron chi connectivity index (χ3n) is 5.04. The van der Waals surface area contributed by atoms with Crippen LogP contribution < -0.4 is 10.1 Å². The second-order valence-corrected chi connectivity index (χ2v) is 7.93. The molecule has 0 bridgehead atoms. The number of amides is 2. The van der Waals surface area contributed by atoms with Crippen LogP contribution in [0.25, 0.3) is 0 Å². The van der Waals surface area contributed by atoms with Crippen LogP contribution in [0.4, 0.5) is 0 Å². The van der Waals surface area contributed by atoms with Gasteiger partial charge in [0.2, 0.25) is 5.91 Å². The molecule has 30 heavy (non-hydrogen) atoms. The van der Waals surface area contributed by atoms with Gasteiger partial charge in [-0.2, -0.15) is 0 Å². The van der Waals surface area contributed by atoms with Crippen molar-refractivity contribution in [3.8, 4) is 5.75 Å². The molecular formula is C24H31ClN2O3. The molecular weight excluding hydrogens is 400 g/mol. The predicted molar refractivity (Wildman–Crippen MR) is 121 cm³/mol. The molecule has 2 aromatic carbocycles. The Balaban J connectivity index is 2.19. The standard InChI is InChI=1S/C24H31ClN2O3/c1-5-18(4)26-24(29)22(6-2)27(15-19-9-11-20(25)12-10-19)23(28)16-30-21-13-7-17(3)8-14-21/h7-14,18,22H,5-6,15-16H2,1-4H3,(H,26,29)/t18-,22+/m0/s1. The Bertz CT molecular complexity index is 821. The van der Waals surface area contributed by atoms with Gasteiger partial charge in [-0.05, 0) is 56.5 Å². The Hall–Kier alpha value is -2.53. The number of nitrogens with zero attached hydrogens (tertiary/aromatic N) is 1. The molecule has 2 rings (SSSR count). The van der Waals surface area contributed by atoms with E-state index >= 15 is 0 Å². The first-order valence-electron chi connectivity index (χ1n) is 10.4. The molecule has 0 aliphatic heterocycles. The summed E-state index contributed by atoms with van der Waals surface area (Å²) < 4.78 is 5.69. The Morgan fingerprint density at radius 3 is 2.23 bits per heavy atom. The summed E-state index contributed by atoms with van der Waals surface area (Å²) in [5.41, 5.74) is 2.02. The minimum absolute atomic E-state index is 0.0443. The van der Waals surface area contributed by atoms with Gasteiger partial charge in [0, 0.05) is 17.6 Å². The lowest BCUT2D eigenvalue weighted by Gasteiger charge is -2.31. The molecule has 0 radical (unpaired) electrons. The lowest BCUT2D eigenvalue weighted by Crippen LogP contribution is -2.51. The van der Waals surface area contributed by atoms with Crippen molar-refractivity contribution in [1.29, 1.82) is 0 Å². The fourth-order valence-corrected chi connectivity index (χ4v) is 3.14. The SMILES string of the molecule is CC[C@H](C(=O)N[C@@H](C)CC)N(Cc1ccc(Cl)cc1)C(=O)COc1ccc(C)cc1. The van der Waals surface area contributed by atoms with Gasteiger partial charge in [0.05, 0.1) is 0 Å². The van der Waals surface area contributed by atoms with Crippen molar-refractivity contribution in [1.82, 2.24) is 10.2 Å². The largest absolute Gasteiger partial charge is 0.484 e. The molecule has 6 heteroatoms. The summed E-state index contributed by atoms with van der Waals surface area (Å²) in [5.74, 6) is 0.235. The number of hydrogen-bond acceptors (Lipinski definition) is 3. The second kappa shape index (κ2) is 11.6. The zero-order valence-corrected chi connectivity index (χ0v) is 18.9. The van der Waals surface area contributed by atoms with E-state index in [9.17, 15) is 9.59 Å². The minimum Gasteiger partial charge on any atom is -0.484 e. The predicted octanol–water partition coefficient (Wildman–Crippen LogP) is 4.75. The summed E-state index contributed by atoms with van der Waals surface area (Å²) in [4.78, 5) is 27.6. The Kier molecular flexibility index (Phi) is 9.18. The lowest BCUT2D eigenvalue weighted by atomic mass is 10.1. The van der Waals surface area contributed by atoms with Gasteiger partial charge in [-0.1, -0.05) is 55.3 Å². The van der Waals surface area contributed by atoms with Crippen molar-refractivity contribution < 1.29 is 14.3 Å². The van der Waals surface area contributed by atoms with Crippen molar-refractivity contribution in [2.75, 3.05) is 6.61 Å². The number of carbonyl (C=O) groups excluding carboxylic acids is 2. The fraction of sp³-hybridized carbons (Fsp3) is 0.417. The monoisotopic (exact) mass is 430 g/mol. The molecule has 0 unspecified atom stereocenters. The maximum Gasteiger partial charge on any atom is 0.261 e. The van der Waals surface area contributed by atoms with Crippen LogP contribution in [0.3, 0.4) is 0 Å². The average molecular weight is 431 g/mol. The van der Waals surface area contributed by atoms with Crippen LogP contribution >= 0.6 is 11.6 Å². The highest BCUT2D eigenvalue weighted by Gasteiger charge is 2.29. The van der Waals surface area contributed by atoms with Gasteiger partial charge < -0.3 is 15.0 Å². The number of hydrogen-bond donors (Lipinski definition) is 1. The maximum absolute atomic E-state index is 13.1. The number of rotatable bonds is 10. The van der Waals surface area contributed by atoms with Crippen LogP contribution in [0, 0.1) is 6.92 Å². The van der Waals surface area contributed by atoms with Crippen molar-refractivity contribution in [3.05, 3.63) is 64.7 Å². The molecule has 1 N–H and O–H groups in total. The molecule has 0 aromatic heterocycles. The second-order valence-electron chi connectivity index (χ2n) is 7.49. The topological polar surface area (TPSA) is 58.6 Å². The molecule has 2 amide bonds. The molecule has 0 aliphatic carbocycles. The first-order valence-corrected chi connectivity index (χ1v) is 10.8. The molecule has 0 saturated carbocycles. The summed E-state index contributed by atoms with van der Waals surface area (Å²) in [6.45, 7) is 8.03. The molecule has 0 aliphatic rings. The molecule has 0 spiro atoms. The summed E-state index contributed by atoms with van der Waals surface area (Å²) in [7, 11) is 0. The summed E-state index contributed by atoms with van der Waals surface area (Å²) >= 11 is 5.99. The molecule has 2 aromatic rings. The third-order valence-corrected chi connectivity index (χ3v) is 5.29. The number of aryl methyl sites for hydroxylation is 1. The van der Waals surface area contributed by atoms with E-state index in [1.165, 1.54) is 0 Å². The number of halogens is 1. The molecule has 0 saturated heterocycles. The van der Waals surface area contributed by atoms with Gasteiger partial charge in [-0.3, -0.25) is 9.59 Å². The van der Waals surface area contributed by atoms with Crippen LogP contribution in [-0.4, -0.2) is 35.4 Å². The summed E-state index contributed by atoms with van der Waals surface area (Å²) in [6.07, 6.45) is 1.33. The van der Waals surface area contributed by atoms with Crippen LogP contribution in [0.1, 0.15) is 44.7 Å². The van der Waals surface area contributed by atoms with Gasteiger partial charge in [0.25, 0.3) is 5.91 Å². The Morgan fingerprint density at radius 1 is 1.03 bits per heavy atom. The normalized spacial score (nSPS) is 12.7. The molecule has 2 atom stereocenters. The van der Waals surface area contributed by atoms with Crippen LogP contribution in [-0.2, 0) is 16.1 Å². The minimum atomic E-state index is -0.580. The highest BCUT2D eigenvalue weighted by Crippen LogP contribution is 2.17. The highest BCUT2D eigenvalue weighted by molar-refractivity contribution is 6.30. The van der Waals surface area contributed by atoms with E-state index < -0.39 is 6.04 Å². The van der Waals surface area contributed by atoms with E-state index in [1.807, 2.05) is 64.1 Å². The van der Waals surface area contributed by atoms with Crippen molar-refractivity contribution >= 4 is 23.4 Å². The maximum atomic E-state index is 13.1. The van der Waals surface area contributed by atoms with E-state index in [2.05, 4.69) is 5.32 Å². The van der Waals surface area contributed by atoms with Gasteiger partial charge >= 0.3 is 0 Å². The van der Waals surface area contributed by atoms with Gasteiger partial charge in [0.1, 0.15) is 11.8 Å². The van der Waals surface area contributed by atoms with E-state index in [1.54, 1.807) is 17.0 Å². The number of ether oxygens (including phenoxy) is 1. The van der Waals surface area contributed by atoms with E-state index in [4.69, 9.17) is 16.3 Å². The van der Waals surface area contributed by atoms with Crippen molar-refractivity contribution in [3.63, 3.8) is 0 Å². The zero-order chi connectivity index (χ0) is 22.1. The van der Waals surface area contributed by atoms with Crippen LogP contribution in [0.15, 0.2) is 48.5 Å². The van der Waals surface area contributed by atoms with Crippen LogP contribution in [0.2, 0.25) is 5.02 Å². The lowest BCUT2D eigenvalue weighted by molar-refractivity contribution is -0.143. The van der Waals surface area contributed by atoms with Crippen molar-refractivity contribution in [2.24, 2.45) is 0 Å². The van der Waals surface area contributed by atoms with Gasteiger partial charge in [-0.15, -0.1) is 0 Å². The third kappa shape index (κ3) is 7.06. The zero-order valence-electron chi connectivity index (χ0n) is 18.2. The molecule has 5 nitrogen and oxygen atoms in total. The molecule has 0 heterocycles. The first-order chi connectivity index (χ1) is 14.3. The Morgan fingerprint density at radius 2 is 1.67 bits per heavy atom. The van der Waals surface area contributed by atoms with Gasteiger partial charge in [0.15, 0.2) is 6.61 Å². The first kappa shape index (κ1) is 23.7. The molecule has 162 valence electrons. The fourth-order valence-electron chi connectivity index (χ4n) is 3.01. The number of carbonyl (C=O) groups is 2. The average Bonchev–Trinajstić information content (AvgIpc) is 2.74. The van der Waals surface area contributed by atoms with E-state index in [-0.39, 0.29) is 24.5 Å². The Labute approximate surface area is 184 Å². The van der Waals surface area contributed by atoms with E-state index in [0.29, 0.717) is 23.7 Å². The quantitative estimate of drug-likeness (QED) is 0.591. The highest BCUT2D eigenvalue weighted by atomic mass is 35.5. The number of nitrogens with one attached hydrogen (secondary N) is 1.